The minimum Gasteiger partial charge on any atom is -0.472 e. The molecule has 2 aromatic rings. The highest BCUT2D eigenvalue weighted by atomic mass is 35.5. The standard InChI is InChI=1S/C12H13ClN2O/c1-15(8-11-4-5-16-9-11)12-3-2-10(6-13)7-14-12/h2-5,7,9H,6,8H2,1H3. The van der Waals surface area contributed by atoms with Crippen LogP contribution in [0.3, 0.4) is 0 Å². The number of hydrogen-bond donors (Lipinski definition) is 0. The summed E-state index contributed by atoms with van der Waals surface area (Å²) in [6, 6.07) is 5.91. The summed E-state index contributed by atoms with van der Waals surface area (Å²) in [6.07, 6.45) is 5.21. The van der Waals surface area contributed by atoms with E-state index in [0.717, 1.165) is 23.5 Å². The van der Waals surface area contributed by atoms with Crippen LogP contribution in [0.25, 0.3) is 0 Å². The molecule has 16 heavy (non-hydrogen) atoms. The van der Waals surface area contributed by atoms with E-state index in [0.29, 0.717) is 5.88 Å². The lowest BCUT2D eigenvalue weighted by Gasteiger charge is -2.17. The van der Waals surface area contributed by atoms with Gasteiger partial charge in [-0.25, -0.2) is 4.98 Å². The minimum absolute atomic E-state index is 0.499. The van der Waals surface area contributed by atoms with E-state index in [4.69, 9.17) is 16.0 Å². The molecule has 0 radical (unpaired) electrons. The molecule has 0 aromatic carbocycles. The number of hydrogen-bond acceptors (Lipinski definition) is 3. The lowest BCUT2D eigenvalue weighted by atomic mass is 10.3. The van der Waals surface area contributed by atoms with Crippen LogP contribution in [0.4, 0.5) is 5.82 Å². The van der Waals surface area contributed by atoms with Gasteiger partial charge in [0.1, 0.15) is 5.82 Å². The van der Waals surface area contributed by atoms with Crippen LogP contribution in [-0.2, 0) is 12.4 Å². The zero-order chi connectivity index (χ0) is 11.4. The highest BCUT2D eigenvalue weighted by molar-refractivity contribution is 6.17. The van der Waals surface area contributed by atoms with Gasteiger partial charge in [0.05, 0.1) is 12.5 Å². The maximum absolute atomic E-state index is 5.71. The molecule has 2 rings (SSSR count). The molecule has 0 bridgehead atoms. The summed E-state index contributed by atoms with van der Waals surface area (Å²) in [7, 11) is 2.00. The number of rotatable bonds is 4. The van der Waals surface area contributed by atoms with Gasteiger partial charge >= 0.3 is 0 Å². The normalized spacial score (nSPS) is 10.4. The molecule has 0 amide bonds. The van der Waals surface area contributed by atoms with Gasteiger partial charge in [0.25, 0.3) is 0 Å². The Bertz CT molecular complexity index is 425. The van der Waals surface area contributed by atoms with Crippen LogP contribution in [0.5, 0.6) is 0 Å². The van der Waals surface area contributed by atoms with E-state index in [9.17, 15) is 0 Å². The molecule has 0 aliphatic rings. The maximum Gasteiger partial charge on any atom is 0.128 e. The van der Waals surface area contributed by atoms with Gasteiger partial charge in [-0.05, 0) is 17.7 Å². The molecule has 0 fully saturated rings. The van der Waals surface area contributed by atoms with Crippen molar-refractivity contribution in [2.45, 2.75) is 12.4 Å². The van der Waals surface area contributed by atoms with Crippen molar-refractivity contribution in [3.63, 3.8) is 0 Å². The molecule has 84 valence electrons. The van der Waals surface area contributed by atoms with Crippen LogP contribution in [0.15, 0.2) is 41.3 Å². The maximum atomic E-state index is 5.71. The predicted molar refractivity (Wildman–Crippen MR) is 64.6 cm³/mol. The lowest BCUT2D eigenvalue weighted by Crippen LogP contribution is -2.17. The van der Waals surface area contributed by atoms with Crippen LogP contribution >= 0.6 is 11.6 Å². The molecule has 2 heterocycles. The van der Waals surface area contributed by atoms with Gasteiger partial charge in [0, 0.05) is 31.2 Å². The molecule has 0 N–H and O–H groups in total. The van der Waals surface area contributed by atoms with Crippen molar-refractivity contribution in [2.24, 2.45) is 0 Å². The minimum atomic E-state index is 0.499. The number of pyridine rings is 1. The average Bonchev–Trinajstić information content (AvgIpc) is 2.82. The van der Waals surface area contributed by atoms with Crippen molar-refractivity contribution in [3.05, 3.63) is 48.0 Å². The summed E-state index contributed by atoms with van der Waals surface area (Å²) in [6.45, 7) is 0.781. The van der Waals surface area contributed by atoms with E-state index in [2.05, 4.69) is 9.88 Å². The zero-order valence-electron chi connectivity index (χ0n) is 9.06. The third kappa shape index (κ3) is 2.55. The fraction of sp³-hybridized carbons (Fsp3) is 0.250. The molecule has 0 unspecified atom stereocenters. The van der Waals surface area contributed by atoms with E-state index in [1.807, 2.05) is 25.2 Å². The van der Waals surface area contributed by atoms with Crippen molar-refractivity contribution < 1.29 is 4.42 Å². The van der Waals surface area contributed by atoms with Gasteiger partial charge in [-0.3, -0.25) is 0 Å². The van der Waals surface area contributed by atoms with Gasteiger partial charge in [-0.2, -0.15) is 0 Å². The summed E-state index contributed by atoms with van der Waals surface area (Å²) in [5.41, 5.74) is 2.16. The Morgan fingerprint density at radius 1 is 1.31 bits per heavy atom. The van der Waals surface area contributed by atoms with Crippen molar-refractivity contribution in [2.75, 3.05) is 11.9 Å². The Balaban J connectivity index is 2.05. The highest BCUT2D eigenvalue weighted by Gasteiger charge is 2.04. The van der Waals surface area contributed by atoms with Crippen LogP contribution in [0.2, 0.25) is 0 Å². The van der Waals surface area contributed by atoms with Gasteiger partial charge in [0.2, 0.25) is 0 Å². The Morgan fingerprint density at radius 2 is 2.19 bits per heavy atom. The van der Waals surface area contributed by atoms with Crippen LogP contribution in [-0.4, -0.2) is 12.0 Å². The van der Waals surface area contributed by atoms with Crippen molar-refractivity contribution in [1.29, 1.82) is 0 Å². The van der Waals surface area contributed by atoms with Crippen molar-refractivity contribution in [3.8, 4) is 0 Å². The summed E-state index contributed by atoms with van der Waals surface area (Å²) in [5, 5.41) is 0. The number of halogens is 1. The third-order valence-electron chi connectivity index (χ3n) is 2.35. The highest BCUT2D eigenvalue weighted by Crippen LogP contribution is 2.14. The summed E-state index contributed by atoms with van der Waals surface area (Å²) < 4.78 is 5.02. The van der Waals surface area contributed by atoms with Crippen LogP contribution in [0, 0.1) is 0 Å². The molecule has 0 spiro atoms. The van der Waals surface area contributed by atoms with Crippen LogP contribution < -0.4 is 4.90 Å². The molecular weight excluding hydrogens is 224 g/mol. The second-order valence-corrected chi connectivity index (χ2v) is 3.91. The monoisotopic (exact) mass is 236 g/mol. The SMILES string of the molecule is CN(Cc1ccoc1)c1ccc(CCl)cn1. The molecule has 0 atom stereocenters. The Kier molecular flexibility index (Phi) is 3.47. The number of anilines is 1. The van der Waals surface area contributed by atoms with E-state index in [1.165, 1.54) is 0 Å². The molecule has 0 aliphatic heterocycles. The average molecular weight is 237 g/mol. The predicted octanol–water partition coefficient (Wildman–Crippen LogP) is 3.05. The fourth-order valence-electron chi connectivity index (χ4n) is 1.46. The Labute approximate surface area is 99.7 Å². The number of alkyl halides is 1. The number of furan rings is 1. The molecule has 2 aromatic heterocycles. The quantitative estimate of drug-likeness (QED) is 0.765. The summed E-state index contributed by atoms with van der Waals surface area (Å²) in [5.74, 6) is 1.42. The van der Waals surface area contributed by atoms with E-state index < -0.39 is 0 Å². The first-order valence-corrected chi connectivity index (χ1v) is 5.56. The topological polar surface area (TPSA) is 29.3 Å². The lowest BCUT2D eigenvalue weighted by molar-refractivity contribution is 0.563. The Morgan fingerprint density at radius 3 is 2.75 bits per heavy atom. The Hall–Kier alpha value is -1.48. The fourth-order valence-corrected chi connectivity index (χ4v) is 1.62. The molecular formula is C12H13ClN2O. The number of nitrogens with zero attached hydrogens (tertiary/aromatic N) is 2. The zero-order valence-corrected chi connectivity index (χ0v) is 9.81. The molecule has 0 saturated carbocycles. The molecule has 4 heteroatoms. The van der Waals surface area contributed by atoms with Crippen molar-refractivity contribution in [1.82, 2.24) is 4.98 Å². The largest absolute Gasteiger partial charge is 0.472 e. The first-order chi connectivity index (χ1) is 7.79. The third-order valence-corrected chi connectivity index (χ3v) is 2.66. The number of aromatic nitrogens is 1. The van der Waals surface area contributed by atoms with Gasteiger partial charge in [-0.15, -0.1) is 11.6 Å². The van der Waals surface area contributed by atoms with E-state index in [-0.39, 0.29) is 0 Å². The smallest absolute Gasteiger partial charge is 0.128 e. The summed E-state index contributed by atoms with van der Waals surface area (Å²) in [4.78, 5) is 6.40. The molecule has 3 nitrogen and oxygen atoms in total. The first-order valence-electron chi connectivity index (χ1n) is 5.02. The van der Waals surface area contributed by atoms with E-state index >= 15 is 0 Å². The second-order valence-electron chi connectivity index (χ2n) is 3.65. The summed E-state index contributed by atoms with van der Waals surface area (Å²) >= 11 is 5.71. The van der Waals surface area contributed by atoms with E-state index in [1.54, 1.807) is 18.7 Å². The van der Waals surface area contributed by atoms with Crippen LogP contribution in [0.1, 0.15) is 11.1 Å². The van der Waals surface area contributed by atoms with Gasteiger partial charge in [0.15, 0.2) is 0 Å². The van der Waals surface area contributed by atoms with Gasteiger partial charge in [-0.1, -0.05) is 6.07 Å². The first kappa shape index (κ1) is 11.0. The van der Waals surface area contributed by atoms with Crippen molar-refractivity contribution >= 4 is 17.4 Å². The molecule has 0 saturated heterocycles. The van der Waals surface area contributed by atoms with Gasteiger partial charge < -0.3 is 9.32 Å². The second kappa shape index (κ2) is 5.03. The molecule has 0 aliphatic carbocycles.